The average Bonchev–Trinajstić information content (AvgIpc) is 2.34. The molecule has 0 aliphatic heterocycles. The molecule has 1 unspecified atom stereocenters. The fourth-order valence-electron chi connectivity index (χ4n) is 1.87. The summed E-state index contributed by atoms with van der Waals surface area (Å²) in [6, 6.07) is 8.07. The minimum atomic E-state index is -0.492. The van der Waals surface area contributed by atoms with E-state index in [0.29, 0.717) is 13.0 Å². The number of carbonyl (C=O) groups is 1. The molecule has 0 spiro atoms. The van der Waals surface area contributed by atoms with Crippen molar-refractivity contribution in [1.29, 1.82) is 0 Å². The first-order chi connectivity index (χ1) is 9.67. The van der Waals surface area contributed by atoms with Crippen molar-refractivity contribution in [3.8, 4) is 0 Å². The maximum atomic E-state index is 11.6. The van der Waals surface area contributed by atoms with Crippen LogP contribution >= 0.6 is 0 Å². The molecular weight excluding hydrogens is 266 g/mol. The zero-order valence-corrected chi connectivity index (χ0v) is 13.6. The second-order valence-electron chi connectivity index (χ2n) is 6.41. The van der Waals surface area contributed by atoms with Crippen LogP contribution < -0.4 is 16.0 Å². The van der Waals surface area contributed by atoms with E-state index in [1.165, 1.54) is 0 Å². The molecule has 0 aliphatic carbocycles. The molecule has 5 heteroatoms. The van der Waals surface area contributed by atoms with Crippen LogP contribution in [0.1, 0.15) is 26.3 Å². The zero-order chi connectivity index (χ0) is 16.0. The molecule has 0 saturated heterocycles. The minimum Gasteiger partial charge on any atom is -0.444 e. The summed E-state index contributed by atoms with van der Waals surface area (Å²) >= 11 is 0. The van der Waals surface area contributed by atoms with E-state index >= 15 is 0 Å². The summed E-state index contributed by atoms with van der Waals surface area (Å²) in [5.74, 6) is 0. The van der Waals surface area contributed by atoms with Crippen LogP contribution in [0.15, 0.2) is 24.3 Å². The highest BCUT2D eigenvalue weighted by atomic mass is 16.6. The normalized spacial score (nSPS) is 12.7. The number of nitrogens with zero attached hydrogens (tertiary/aromatic N) is 1. The van der Waals surface area contributed by atoms with Gasteiger partial charge in [0.25, 0.3) is 0 Å². The van der Waals surface area contributed by atoms with E-state index in [9.17, 15) is 4.79 Å². The minimum absolute atomic E-state index is 0.144. The third kappa shape index (κ3) is 6.99. The monoisotopic (exact) mass is 293 g/mol. The number of ether oxygens (including phenoxy) is 1. The lowest BCUT2D eigenvalue weighted by Gasteiger charge is -2.21. The van der Waals surface area contributed by atoms with Crippen LogP contribution in [0.25, 0.3) is 0 Å². The summed E-state index contributed by atoms with van der Waals surface area (Å²) in [4.78, 5) is 13.6. The largest absolute Gasteiger partial charge is 0.444 e. The van der Waals surface area contributed by atoms with Crippen molar-refractivity contribution in [1.82, 2.24) is 5.32 Å². The molecule has 0 bridgehead atoms. The lowest BCUT2D eigenvalue weighted by atomic mass is 10.1. The van der Waals surface area contributed by atoms with Crippen LogP contribution in [0.4, 0.5) is 10.5 Å². The van der Waals surface area contributed by atoms with Crippen molar-refractivity contribution >= 4 is 11.8 Å². The van der Waals surface area contributed by atoms with Crippen LogP contribution in [0, 0.1) is 0 Å². The van der Waals surface area contributed by atoms with Gasteiger partial charge in [-0.3, -0.25) is 0 Å². The zero-order valence-electron chi connectivity index (χ0n) is 13.6. The lowest BCUT2D eigenvalue weighted by Crippen LogP contribution is -2.41. The van der Waals surface area contributed by atoms with E-state index in [1.54, 1.807) is 0 Å². The van der Waals surface area contributed by atoms with E-state index in [4.69, 9.17) is 10.5 Å². The first-order valence-electron chi connectivity index (χ1n) is 7.16. The van der Waals surface area contributed by atoms with Crippen molar-refractivity contribution in [3.63, 3.8) is 0 Å². The standard InChI is InChI=1S/C16H27N3O2/c1-16(2,3)21-15(20)18-11-13(17)9-12-7-6-8-14(10-12)19(4)5/h6-8,10,13H,9,11,17H2,1-5H3,(H,18,20). The second-order valence-corrected chi connectivity index (χ2v) is 6.41. The highest BCUT2D eigenvalue weighted by Crippen LogP contribution is 2.14. The first kappa shape index (κ1) is 17.3. The van der Waals surface area contributed by atoms with Gasteiger partial charge in [-0.25, -0.2) is 4.79 Å². The lowest BCUT2D eigenvalue weighted by molar-refractivity contribution is 0.0524. The molecule has 0 saturated carbocycles. The molecule has 0 radical (unpaired) electrons. The predicted molar refractivity (Wildman–Crippen MR) is 86.7 cm³/mol. The van der Waals surface area contributed by atoms with Gasteiger partial charge in [0.15, 0.2) is 0 Å². The van der Waals surface area contributed by atoms with Gasteiger partial charge in [0, 0.05) is 32.4 Å². The van der Waals surface area contributed by atoms with E-state index < -0.39 is 11.7 Å². The van der Waals surface area contributed by atoms with E-state index in [1.807, 2.05) is 58.0 Å². The van der Waals surface area contributed by atoms with E-state index in [0.717, 1.165) is 11.3 Å². The van der Waals surface area contributed by atoms with Crippen LogP contribution in [0.5, 0.6) is 0 Å². The molecule has 0 fully saturated rings. The Bertz CT molecular complexity index is 467. The number of nitrogens with two attached hydrogens (primary N) is 1. The summed E-state index contributed by atoms with van der Waals surface area (Å²) in [5.41, 5.74) is 7.86. The summed E-state index contributed by atoms with van der Waals surface area (Å²) in [6.07, 6.45) is 0.275. The Morgan fingerprint density at radius 1 is 1.38 bits per heavy atom. The molecule has 0 aliphatic rings. The molecule has 5 nitrogen and oxygen atoms in total. The van der Waals surface area contributed by atoms with Gasteiger partial charge in [-0.05, 0) is 44.9 Å². The van der Waals surface area contributed by atoms with Gasteiger partial charge in [-0.2, -0.15) is 0 Å². The molecule has 1 atom stereocenters. The van der Waals surface area contributed by atoms with Crippen molar-refractivity contribution in [3.05, 3.63) is 29.8 Å². The Morgan fingerprint density at radius 3 is 2.62 bits per heavy atom. The quantitative estimate of drug-likeness (QED) is 0.873. The van der Waals surface area contributed by atoms with Gasteiger partial charge >= 0.3 is 6.09 Å². The topological polar surface area (TPSA) is 67.6 Å². The predicted octanol–water partition coefficient (Wildman–Crippen LogP) is 2.15. The number of anilines is 1. The molecule has 118 valence electrons. The molecule has 1 aromatic carbocycles. The average molecular weight is 293 g/mol. The van der Waals surface area contributed by atoms with E-state index in [-0.39, 0.29) is 6.04 Å². The van der Waals surface area contributed by atoms with Crippen LogP contribution in [-0.4, -0.2) is 38.4 Å². The SMILES string of the molecule is CN(C)c1cccc(CC(N)CNC(=O)OC(C)(C)C)c1. The number of hydrogen-bond donors (Lipinski definition) is 2. The van der Waals surface area contributed by atoms with Gasteiger partial charge in [0.2, 0.25) is 0 Å². The van der Waals surface area contributed by atoms with Crippen molar-refractivity contribution < 1.29 is 9.53 Å². The first-order valence-corrected chi connectivity index (χ1v) is 7.16. The molecule has 1 rings (SSSR count). The number of amides is 1. The third-order valence-corrected chi connectivity index (χ3v) is 2.83. The van der Waals surface area contributed by atoms with Crippen LogP contribution in [-0.2, 0) is 11.2 Å². The number of rotatable bonds is 5. The number of benzene rings is 1. The molecule has 21 heavy (non-hydrogen) atoms. The summed E-state index contributed by atoms with van der Waals surface area (Å²) in [6.45, 7) is 5.89. The Balaban J connectivity index is 2.45. The van der Waals surface area contributed by atoms with Gasteiger partial charge < -0.3 is 20.7 Å². The van der Waals surface area contributed by atoms with Gasteiger partial charge in [0.05, 0.1) is 0 Å². The van der Waals surface area contributed by atoms with Crippen molar-refractivity contribution in [2.45, 2.75) is 38.8 Å². The highest BCUT2D eigenvalue weighted by molar-refractivity contribution is 5.67. The molecule has 1 aromatic rings. The Morgan fingerprint density at radius 2 is 2.05 bits per heavy atom. The van der Waals surface area contributed by atoms with Gasteiger partial charge in [-0.1, -0.05) is 12.1 Å². The Kier molecular flexibility index (Phi) is 6.03. The number of hydrogen-bond acceptors (Lipinski definition) is 4. The van der Waals surface area contributed by atoms with Crippen LogP contribution in [0.3, 0.4) is 0 Å². The van der Waals surface area contributed by atoms with E-state index in [2.05, 4.69) is 11.4 Å². The second kappa shape index (κ2) is 7.31. The number of carbonyl (C=O) groups excluding carboxylic acids is 1. The molecule has 0 heterocycles. The highest BCUT2D eigenvalue weighted by Gasteiger charge is 2.16. The molecule has 1 amide bonds. The number of alkyl carbamates (subject to hydrolysis) is 1. The molecule has 0 aromatic heterocycles. The Hall–Kier alpha value is -1.75. The molecular formula is C16H27N3O2. The van der Waals surface area contributed by atoms with Gasteiger partial charge in [0.1, 0.15) is 5.60 Å². The van der Waals surface area contributed by atoms with Crippen LogP contribution in [0.2, 0.25) is 0 Å². The summed E-state index contributed by atoms with van der Waals surface area (Å²) in [7, 11) is 4.01. The van der Waals surface area contributed by atoms with Gasteiger partial charge in [-0.15, -0.1) is 0 Å². The van der Waals surface area contributed by atoms with Crippen molar-refractivity contribution in [2.75, 3.05) is 25.5 Å². The molecule has 3 N–H and O–H groups in total. The van der Waals surface area contributed by atoms with Crippen molar-refractivity contribution in [2.24, 2.45) is 5.73 Å². The smallest absolute Gasteiger partial charge is 0.407 e. The number of nitrogens with one attached hydrogen (secondary N) is 1. The third-order valence-electron chi connectivity index (χ3n) is 2.83. The fourth-order valence-corrected chi connectivity index (χ4v) is 1.87. The maximum absolute atomic E-state index is 11.6. The Labute approximate surface area is 127 Å². The summed E-state index contributed by atoms with van der Waals surface area (Å²) < 4.78 is 5.18. The summed E-state index contributed by atoms with van der Waals surface area (Å²) in [5, 5.41) is 2.70. The fraction of sp³-hybridized carbons (Fsp3) is 0.562. The maximum Gasteiger partial charge on any atom is 0.407 e.